The molecule has 2 aromatic rings. The van der Waals surface area contributed by atoms with E-state index in [1.165, 1.54) is 0 Å². The molecule has 3 nitrogen and oxygen atoms in total. The number of para-hydroxylation sites is 1. The number of hydrogen-bond donors (Lipinski definition) is 1. The molecule has 0 radical (unpaired) electrons. The summed E-state index contributed by atoms with van der Waals surface area (Å²) < 4.78 is 5.32. The molecular weight excluding hydrogens is 200 g/mol. The van der Waals surface area contributed by atoms with E-state index in [4.69, 9.17) is 10.5 Å². The van der Waals surface area contributed by atoms with Crippen LogP contribution in [0.5, 0.6) is 5.75 Å². The lowest BCUT2D eigenvalue weighted by molar-refractivity contribution is 0.416. The van der Waals surface area contributed by atoms with Crippen LogP contribution >= 0.6 is 0 Å². The number of hydrogen-bond acceptors (Lipinski definition) is 3. The van der Waals surface area contributed by atoms with Crippen molar-refractivity contribution in [3.63, 3.8) is 0 Å². The summed E-state index contributed by atoms with van der Waals surface area (Å²) in [6.07, 6.45) is 1.76. The molecule has 82 valence electrons. The van der Waals surface area contributed by atoms with E-state index in [1.807, 2.05) is 36.4 Å². The lowest BCUT2D eigenvalue weighted by atomic mass is 10.1. The van der Waals surface area contributed by atoms with Gasteiger partial charge in [-0.25, -0.2) is 0 Å². The zero-order valence-electron chi connectivity index (χ0n) is 9.18. The SMILES string of the molecule is COc1ccccc1-c1ncccc1CN. The van der Waals surface area contributed by atoms with E-state index in [0.29, 0.717) is 6.54 Å². The van der Waals surface area contributed by atoms with Gasteiger partial charge in [0.1, 0.15) is 5.75 Å². The topological polar surface area (TPSA) is 48.1 Å². The highest BCUT2D eigenvalue weighted by atomic mass is 16.5. The molecule has 0 atom stereocenters. The zero-order valence-corrected chi connectivity index (χ0v) is 9.18. The number of ether oxygens (including phenoxy) is 1. The molecule has 0 saturated carbocycles. The Morgan fingerprint density at radius 3 is 2.75 bits per heavy atom. The average Bonchev–Trinajstić information content (AvgIpc) is 2.38. The second kappa shape index (κ2) is 4.77. The summed E-state index contributed by atoms with van der Waals surface area (Å²) >= 11 is 0. The normalized spacial score (nSPS) is 10.1. The first kappa shape index (κ1) is 10.6. The van der Waals surface area contributed by atoms with Crippen LogP contribution in [0.3, 0.4) is 0 Å². The van der Waals surface area contributed by atoms with E-state index >= 15 is 0 Å². The predicted octanol–water partition coefficient (Wildman–Crippen LogP) is 2.22. The zero-order chi connectivity index (χ0) is 11.4. The van der Waals surface area contributed by atoms with Crippen LogP contribution in [-0.4, -0.2) is 12.1 Å². The summed E-state index contributed by atoms with van der Waals surface area (Å²) in [7, 11) is 1.66. The van der Waals surface area contributed by atoms with Gasteiger partial charge in [0.05, 0.1) is 12.8 Å². The summed E-state index contributed by atoms with van der Waals surface area (Å²) in [5.41, 5.74) is 8.59. The molecule has 16 heavy (non-hydrogen) atoms. The third-order valence-corrected chi connectivity index (χ3v) is 2.47. The van der Waals surface area contributed by atoms with Gasteiger partial charge in [0.25, 0.3) is 0 Å². The number of rotatable bonds is 3. The number of nitrogens with two attached hydrogens (primary N) is 1. The molecule has 2 N–H and O–H groups in total. The fraction of sp³-hybridized carbons (Fsp3) is 0.154. The molecular formula is C13H14N2O. The van der Waals surface area contributed by atoms with Crippen molar-refractivity contribution >= 4 is 0 Å². The van der Waals surface area contributed by atoms with Gasteiger partial charge >= 0.3 is 0 Å². The van der Waals surface area contributed by atoms with Crippen molar-refractivity contribution in [1.29, 1.82) is 0 Å². The highest BCUT2D eigenvalue weighted by Gasteiger charge is 2.09. The maximum Gasteiger partial charge on any atom is 0.128 e. The van der Waals surface area contributed by atoms with Crippen molar-refractivity contribution in [1.82, 2.24) is 4.98 Å². The Morgan fingerprint density at radius 2 is 2.00 bits per heavy atom. The maximum absolute atomic E-state index is 5.70. The Labute approximate surface area is 94.9 Å². The molecule has 0 unspecified atom stereocenters. The van der Waals surface area contributed by atoms with Crippen molar-refractivity contribution in [3.8, 4) is 17.0 Å². The first-order valence-electron chi connectivity index (χ1n) is 5.14. The van der Waals surface area contributed by atoms with Crippen molar-refractivity contribution in [2.24, 2.45) is 5.73 Å². The van der Waals surface area contributed by atoms with Gasteiger partial charge in [0, 0.05) is 18.3 Å². The first-order chi connectivity index (χ1) is 7.86. The number of methoxy groups -OCH3 is 1. The molecule has 0 saturated heterocycles. The van der Waals surface area contributed by atoms with Crippen molar-refractivity contribution in [2.75, 3.05) is 7.11 Å². The smallest absolute Gasteiger partial charge is 0.128 e. The molecule has 0 spiro atoms. The van der Waals surface area contributed by atoms with Crippen LogP contribution in [0.2, 0.25) is 0 Å². The average molecular weight is 214 g/mol. The minimum atomic E-state index is 0.473. The Hall–Kier alpha value is -1.87. The van der Waals surface area contributed by atoms with E-state index in [9.17, 15) is 0 Å². The van der Waals surface area contributed by atoms with Gasteiger partial charge in [-0.05, 0) is 23.8 Å². The highest BCUT2D eigenvalue weighted by Crippen LogP contribution is 2.29. The molecule has 3 heteroatoms. The van der Waals surface area contributed by atoms with Crippen molar-refractivity contribution < 1.29 is 4.74 Å². The number of pyridine rings is 1. The standard InChI is InChI=1S/C13H14N2O/c1-16-12-7-3-2-6-11(12)13-10(9-14)5-4-8-15-13/h2-8H,9,14H2,1H3. The van der Waals surface area contributed by atoms with Crippen LogP contribution < -0.4 is 10.5 Å². The maximum atomic E-state index is 5.70. The quantitative estimate of drug-likeness (QED) is 0.852. The number of aromatic nitrogens is 1. The van der Waals surface area contributed by atoms with E-state index in [2.05, 4.69) is 4.98 Å². The van der Waals surface area contributed by atoms with Crippen LogP contribution in [0.25, 0.3) is 11.3 Å². The summed E-state index contributed by atoms with van der Waals surface area (Å²) in [6.45, 7) is 0.473. The molecule has 2 rings (SSSR count). The summed E-state index contributed by atoms with van der Waals surface area (Å²) in [5, 5.41) is 0. The number of nitrogens with zero attached hydrogens (tertiary/aromatic N) is 1. The van der Waals surface area contributed by atoms with Crippen LogP contribution in [0.15, 0.2) is 42.6 Å². The van der Waals surface area contributed by atoms with Crippen molar-refractivity contribution in [3.05, 3.63) is 48.2 Å². The van der Waals surface area contributed by atoms with Gasteiger partial charge in [-0.3, -0.25) is 4.98 Å². The summed E-state index contributed by atoms with van der Waals surface area (Å²) in [5.74, 6) is 0.816. The van der Waals surface area contributed by atoms with E-state index in [-0.39, 0.29) is 0 Å². The molecule has 0 amide bonds. The lowest BCUT2D eigenvalue weighted by Crippen LogP contribution is -2.01. The summed E-state index contributed by atoms with van der Waals surface area (Å²) in [6, 6.07) is 11.7. The van der Waals surface area contributed by atoms with Crippen LogP contribution in [0.1, 0.15) is 5.56 Å². The molecule has 1 heterocycles. The van der Waals surface area contributed by atoms with E-state index in [1.54, 1.807) is 13.3 Å². The Bertz CT molecular complexity index is 437. The Kier molecular flexibility index (Phi) is 3.17. The monoisotopic (exact) mass is 214 g/mol. The van der Waals surface area contributed by atoms with E-state index in [0.717, 1.165) is 22.6 Å². The number of benzene rings is 1. The lowest BCUT2D eigenvalue weighted by Gasteiger charge is -2.10. The van der Waals surface area contributed by atoms with Gasteiger partial charge < -0.3 is 10.5 Å². The third-order valence-electron chi connectivity index (χ3n) is 2.47. The third kappa shape index (κ3) is 1.90. The van der Waals surface area contributed by atoms with Crippen LogP contribution in [0, 0.1) is 0 Å². The molecule has 0 fully saturated rings. The fourth-order valence-corrected chi connectivity index (χ4v) is 1.69. The van der Waals surface area contributed by atoms with Crippen molar-refractivity contribution in [2.45, 2.75) is 6.54 Å². The molecule has 0 aliphatic rings. The van der Waals surface area contributed by atoms with Gasteiger partial charge in [-0.1, -0.05) is 18.2 Å². The minimum Gasteiger partial charge on any atom is -0.496 e. The molecule has 1 aromatic carbocycles. The van der Waals surface area contributed by atoms with Crippen LogP contribution in [0.4, 0.5) is 0 Å². The van der Waals surface area contributed by atoms with Gasteiger partial charge in [0.2, 0.25) is 0 Å². The Balaban J connectivity index is 2.58. The van der Waals surface area contributed by atoms with E-state index < -0.39 is 0 Å². The molecule has 0 aliphatic carbocycles. The van der Waals surface area contributed by atoms with Gasteiger partial charge in [-0.2, -0.15) is 0 Å². The molecule has 1 aromatic heterocycles. The van der Waals surface area contributed by atoms with Gasteiger partial charge in [-0.15, -0.1) is 0 Å². The van der Waals surface area contributed by atoms with Gasteiger partial charge in [0.15, 0.2) is 0 Å². The first-order valence-corrected chi connectivity index (χ1v) is 5.14. The summed E-state index contributed by atoms with van der Waals surface area (Å²) in [4.78, 5) is 4.37. The molecule has 0 aliphatic heterocycles. The Morgan fingerprint density at radius 1 is 1.19 bits per heavy atom. The molecule has 0 bridgehead atoms. The van der Waals surface area contributed by atoms with Crippen LogP contribution in [-0.2, 0) is 6.54 Å². The predicted molar refractivity (Wildman–Crippen MR) is 64.1 cm³/mol. The highest BCUT2D eigenvalue weighted by molar-refractivity contribution is 5.69. The second-order valence-electron chi connectivity index (χ2n) is 3.42. The second-order valence-corrected chi connectivity index (χ2v) is 3.42. The minimum absolute atomic E-state index is 0.473. The fourth-order valence-electron chi connectivity index (χ4n) is 1.69. The largest absolute Gasteiger partial charge is 0.496 e.